The molecule has 0 saturated carbocycles. The second kappa shape index (κ2) is 6.04. The molecule has 0 unspecified atom stereocenters. The summed E-state index contributed by atoms with van der Waals surface area (Å²) in [6, 6.07) is 2.54. The molecular weight excluding hydrogens is 309 g/mol. The van der Waals surface area contributed by atoms with Crippen molar-refractivity contribution >= 4 is 25.9 Å². The average molecular weight is 325 g/mol. The maximum atomic E-state index is 13.3. The van der Waals surface area contributed by atoms with Crippen LogP contribution in [0.1, 0.15) is 13.8 Å². The molecule has 1 rings (SSSR count). The number of nitrogens with two attached hydrogens (primary N) is 1. The number of benzene rings is 1. The molecule has 0 aromatic heterocycles. The van der Waals surface area contributed by atoms with Crippen molar-refractivity contribution in [2.75, 3.05) is 17.8 Å². The molecule has 0 atom stereocenters. The molecule has 1 aromatic rings. The second-order valence-corrected chi connectivity index (χ2v) is 7.14. The molecule has 7 nitrogen and oxygen atoms in total. The van der Waals surface area contributed by atoms with Gasteiger partial charge in [-0.3, -0.25) is 4.72 Å². The van der Waals surface area contributed by atoms with Crippen LogP contribution in [0.25, 0.3) is 0 Å². The van der Waals surface area contributed by atoms with Crippen LogP contribution in [0.3, 0.4) is 0 Å². The zero-order chi connectivity index (χ0) is 15.6. The molecule has 20 heavy (non-hydrogen) atoms. The van der Waals surface area contributed by atoms with E-state index in [4.69, 9.17) is 5.14 Å². The summed E-state index contributed by atoms with van der Waals surface area (Å²) in [6.07, 6.45) is 0. The van der Waals surface area contributed by atoms with Crippen LogP contribution in [0.2, 0.25) is 0 Å². The van der Waals surface area contributed by atoms with Crippen molar-refractivity contribution in [1.29, 1.82) is 0 Å². The van der Waals surface area contributed by atoms with Gasteiger partial charge in [-0.15, -0.1) is 0 Å². The van der Waals surface area contributed by atoms with Gasteiger partial charge in [0, 0.05) is 13.1 Å². The summed E-state index contributed by atoms with van der Waals surface area (Å²) in [7, 11) is -8.00. The SMILES string of the molecule is CCN(CC)S(=O)(=O)Nc1cc(F)cc(S(N)(=O)=O)c1. The maximum absolute atomic E-state index is 13.3. The lowest BCUT2D eigenvalue weighted by Gasteiger charge is -2.19. The Hall–Kier alpha value is -1.23. The number of primary sulfonamides is 1. The van der Waals surface area contributed by atoms with Crippen molar-refractivity contribution in [3.05, 3.63) is 24.0 Å². The Balaban J connectivity index is 3.20. The van der Waals surface area contributed by atoms with Gasteiger partial charge in [0.2, 0.25) is 10.0 Å². The van der Waals surface area contributed by atoms with E-state index in [2.05, 4.69) is 4.72 Å². The van der Waals surface area contributed by atoms with E-state index in [1.54, 1.807) is 13.8 Å². The molecule has 0 aliphatic carbocycles. The van der Waals surface area contributed by atoms with E-state index < -0.39 is 30.9 Å². The maximum Gasteiger partial charge on any atom is 0.301 e. The summed E-state index contributed by atoms with van der Waals surface area (Å²) in [4.78, 5) is -0.505. The smallest absolute Gasteiger partial charge is 0.271 e. The van der Waals surface area contributed by atoms with Gasteiger partial charge in [0.05, 0.1) is 10.6 Å². The number of hydrogen-bond acceptors (Lipinski definition) is 4. The number of nitrogens with zero attached hydrogens (tertiary/aromatic N) is 1. The van der Waals surface area contributed by atoms with E-state index in [1.165, 1.54) is 0 Å². The number of sulfonamides is 1. The lowest BCUT2D eigenvalue weighted by atomic mass is 10.3. The molecule has 0 radical (unpaired) electrons. The van der Waals surface area contributed by atoms with Crippen LogP contribution in [0, 0.1) is 5.82 Å². The van der Waals surface area contributed by atoms with E-state index >= 15 is 0 Å². The molecule has 0 spiro atoms. The van der Waals surface area contributed by atoms with Crippen LogP contribution in [0.15, 0.2) is 23.1 Å². The summed E-state index contributed by atoms with van der Waals surface area (Å²) >= 11 is 0. The fraction of sp³-hybridized carbons (Fsp3) is 0.400. The molecule has 0 aliphatic heterocycles. The van der Waals surface area contributed by atoms with Gasteiger partial charge in [-0.25, -0.2) is 17.9 Å². The molecule has 0 bridgehead atoms. The van der Waals surface area contributed by atoms with Gasteiger partial charge in [-0.2, -0.15) is 12.7 Å². The van der Waals surface area contributed by atoms with Crippen LogP contribution < -0.4 is 9.86 Å². The molecule has 1 aromatic carbocycles. The molecular formula is C10H16FN3O4S2. The lowest BCUT2D eigenvalue weighted by molar-refractivity contribution is 0.449. The number of rotatable bonds is 6. The topological polar surface area (TPSA) is 110 Å². The summed E-state index contributed by atoms with van der Waals surface area (Å²) in [5.41, 5.74) is -0.207. The van der Waals surface area contributed by atoms with Crippen LogP contribution in [-0.2, 0) is 20.2 Å². The highest BCUT2D eigenvalue weighted by Crippen LogP contribution is 2.19. The predicted octanol–water partition coefficient (Wildman–Crippen LogP) is 0.472. The van der Waals surface area contributed by atoms with Gasteiger partial charge < -0.3 is 0 Å². The Kier molecular flexibility index (Phi) is 5.08. The van der Waals surface area contributed by atoms with Crippen molar-refractivity contribution in [1.82, 2.24) is 4.31 Å². The number of nitrogens with one attached hydrogen (secondary N) is 1. The van der Waals surface area contributed by atoms with Gasteiger partial charge in [0.1, 0.15) is 5.82 Å². The first kappa shape index (κ1) is 16.8. The van der Waals surface area contributed by atoms with Crippen LogP contribution in [-0.4, -0.2) is 34.2 Å². The van der Waals surface area contributed by atoms with Crippen molar-refractivity contribution in [2.45, 2.75) is 18.7 Å². The van der Waals surface area contributed by atoms with Gasteiger partial charge in [0.25, 0.3) is 0 Å². The minimum absolute atomic E-state index is 0.207. The molecule has 0 aliphatic rings. The monoisotopic (exact) mass is 325 g/mol. The summed E-state index contributed by atoms with van der Waals surface area (Å²) in [6.45, 7) is 3.74. The molecule has 0 amide bonds. The molecule has 0 saturated heterocycles. The van der Waals surface area contributed by atoms with Crippen LogP contribution in [0.5, 0.6) is 0 Å². The highest BCUT2D eigenvalue weighted by molar-refractivity contribution is 7.90. The Morgan fingerprint density at radius 1 is 1.15 bits per heavy atom. The first-order valence-corrected chi connectivity index (χ1v) is 8.70. The van der Waals surface area contributed by atoms with Crippen LogP contribution >= 0.6 is 0 Å². The third-order valence-electron chi connectivity index (χ3n) is 2.49. The van der Waals surface area contributed by atoms with Gasteiger partial charge >= 0.3 is 10.2 Å². The van der Waals surface area contributed by atoms with Gasteiger partial charge in [0.15, 0.2) is 0 Å². The van der Waals surface area contributed by atoms with Crippen molar-refractivity contribution in [2.24, 2.45) is 5.14 Å². The molecule has 10 heteroatoms. The first-order chi connectivity index (χ1) is 9.10. The predicted molar refractivity (Wildman–Crippen MR) is 73.2 cm³/mol. The largest absolute Gasteiger partial charge is 0.301 e. The third-order valence-corrected chi connectivity index (χ3v) is 5.07. The highest BCUT2D eigenvalue weighted by Gasteiger charge is 2.20. The number of hydrogen-bond donors (Lipinski definition) is 2. The Labute approximate surface area is 117 Å². The van der Waals surface area contributed by atoms with Crippen LogP contribution in [0.4, 0.5) is 10.1 Å². The fourth-order valence-corrected chi connectivity index (χ4v) is 3.36. The van der Waals surface area contributed by atoms with Crippen molar-refractivity contribution in [3.8, 4) is 0 Å². The Bertz CT molecular complexity index is 684. The van der Waals surface area contributed by atoms with Crippen molar-refractivity contribution < 1.29 is 21.2 Å². The van der Waals surface area contributed by atoms with E-state index in [0.717, 1.165) is 16.4 Å². The summed E-state index contributed by atoms with van der Waals surface area (Å²) in [5, 5.41) is 4.89. The molecule has 3 N–H and O–H groups in total. The molecule has 0 fully saturated rings. The number of anilines is 1. The standard InChI is InChI=1S/C10H16FN3O4S2/c1-3-14(4-2)20(17,18)13-9-5-8(11)6-10(7-9)19(12,15)16/h5-7,13H,3-4H2,1-2H3,(H2,12,15,16). The lowest BCUT2D eigenvalue weighted by Crippen LogP contribution is -2.35. The Morgan fingerprint density at radius 2 is 1.70 bits per heavy atom. The van der Waals surface area contributed by atoms with E-state index in [9.17, 15) is 21.2 Å². The highest BCUT2D eigenvalue weighted by atomic mass is 32.2. The quantitative estimate of drug-likeness (QED) is 0.792. The van der Waals surface area contributed by atoms with Gasteiger partial charge in [-0.05, 0) is 18.2 Å². The minimum Gasteiger partial charge on any atom is -0.271 e. The third kappa shape index (κ3) is 4.13. The molecule has 114 valence electrons. The van der Waals surface area contributed by atoms with Crippen molar-refractivity contribution in [3.63, 3.8) is 0 Å². The van der Waals surface area contributed by atoms with E-state index in [-0.39, 0.29) is 18.8 Å². The average Bonchev–Trinajstić information content (AvgIpc) is 2.27. The Morgan fingerprint density at radius 3 is 2.15 bits per heavy atom. The normalized spacial score (nSPS) is 12.7. The zero-order valence-electron chi connectivity index (χ0n) is 11.0. The first-order valence-electron chi connectivity index (χ1n) is 5.71. The van der Waals surface area contributed by atoms with E-state index in [0.29, 0.717) is 6.07 Å². The zero-order valence-corrected chi connectivity index (χ0v) is 12.6. The summed E-state index contributed by atoms with van der Waals surface area (Å²) in [5.74, 6) is -0.909. The molecule has 0 heterocycles. The fourth-order valence-electron chi connectivity index (χ4n) is 1.56. The number of halogens is 1. The summed E-state index contributed by atoms with van der Waals surface area (Å²) < 4.78 is 62.8. The van der Waals surface area contributed by atoms with Gasteiger partial charge in [-0.1, -0.05) is 13.8 Å². The second-order valence-electron chi connectivity index (χ2n) is 3.91. The van der Waals surface area contributed by atoms with E-state index in [1.807, 2.05) is 0 Å². The minimum atomic E-state index is -4.12.